The van der Waals surface area contributed by atoms with Gasteiger partial charge < -0.3 is 15.2 Å². The van der Waals surface area contributed by atoms with E-state index in [0.29, 0.717) is 21.7 Å². The van der Waals surface area contributed by atoms with E-state index in [-0.39, 0.29) is 0 Å². The molecule has 2 aromatic heterocycles. The second kappa shape index (κ2) is 8.10. The second-order valence-electron chi connectivity index (χ2n) is 4.61. The van der Waals surface area contributed by atoms with Gasteiger partial charge in [0, 0.05) is 32.0 Å². The number of nitrogens with zero attached hydrogens (tertiary/aromatic N) is 3. The molecule has 0 saturated carbocycles. The number of nitrogens with one attached hydrogen (secondary N) is 2. The smallest absolute Gasteiger partial charge is 0.147 e. The van der Waals surface area contributed by atoms with Crippen molar-refractivity contribution in [1.82, 2.24) is 14.5 Å². The summed E-state index contributed by atoms with van der Waals surface area (Å²) in [4.78, 5) is 8.42. The fourth-order valence-electron chi connectivity index (χ4n) is 1.93. The number of halogens is 2. The molecule has 2 heterocycles. The van der Waals surface area contributed by atoms with Gasteiger partial charge in [0.15, 0.2) is 0 Å². The van der Waals surface area contributed by atoms with Crippen molar-refractivity contribution >= 4 is 34.8 Å². The molecule has 0 unspecified atom stereocenters. The lowest BCUT2D eigenvalue weighted by Crippen LogP contribution is -2.08. The van der Waals surface area contributed by atoms with Crippen LogP contribution >= 0.6 is 23.2 Å². The third-order valence-electron chi connectivity index (χ3n) is 2.97. The summed E-state index contributed by atoms with van der Waals surface area (Å²) in [5.41, 5.74) is 0. The number of pyridine rings is 1. The third kappa shape index (κ3) is 4.79. The molecule has 0 aliphatic heterocycles. The van der Waals surface area contributed by atoms with Crippen LogP contribution in [0, 0.1) is 0 Å². The van der Waals surface area contributed by atoms with E-state index in [9.17, 15) is 0 Å². The highest BCUT2D eigenvalue weighted by Gasteiger charge is 2.08. The molecule has 0 amide bonds. The molecule has 2 N–H and O–H groups in total. The van der Waals surface area contributed by atoms with Crippen LogP contribution in [0.1, 0.15) is 19.8 Å². The van der Waals surface area contributed by atoms with Crippen molar-refractivity contribution in [2.24, 2.45) is 0 Å². The van der Waals surface area contributed by atoms with Crippen LogP contribution in [0.25, 0.3) is 0 Å². The van der Waals surface area contributed by atoms with Gasteiger partial charge in [0.25, 0.3) is 0 Å². The van der Waals surface area contributed by atoms with Crippen LogP contribution in [0.5, 0.6) is 0 Å². The summed E-state index contributed by atoms with van der Waals surface area (Å²) in [6.07, 6.45) is 7.67. The normalized spacial score (nSPS) is 10.6. The zero-order valence-electron chi connectivity index (χ0n) is 11.9. The van der Waals surface area contributed by atoms with Crippen LogP contribution < -0.4 is 10.6 Å². The van der Waals surface area contributed by atoms with E-state index < -0.39 is 0 Å². The monoisotopic (exact) mass is 327 g/mol. The van der Waals surface area contributed by atoms with E-state index in [4.69, 9.17) is 23.2 Å². The summed E-state index contributed by atoms with van der Waals surface area (Å²) in [7, 11) is 0. The zero-order chi connectivity index (χ0) is 15.1. The number of hydrogen-bond donors (Lipinski definition) is 2. The van der Waals surface area contributed by atoms with Crippen molar-refractivity contribution in [1.29, 1.82) is 0 Å². The zero-order valence-corrected chi connectivity index (χ0v) is 13.5. The Labute approximate surface area is 134 Å². The summed E-state index contributed by atoms with van der Waals surface area (Å²) in [6.45, 7) is 4.54. The molecule has 0 aromatic carbocycles. The molecule has 0 fully saturated rings. The van der Waals surface area contributed by atoms with Gasteiger partial charge in [-0.1, -0.05) is 23.2 Å². The Morgan fingerprint density at radius 2 is 1.90 bits per heavy atom. The molecular formula is C14H19Cl2N5. The summed E-state index contributed by atoms with van der Waals surface area (Å²) in [5.74, 6) is 1.32. The van der Waals surface area contributed by atoms with E-state index in [1.165, 1.54) is 0 Å². The molecule has 0 bridgehead atoms. The minimum Gasteiger partial charge on any atom is -0.369 e. The largest absolute Gasteiger partial charge is 0.369 e. The van der Waals surface area contributed by atoms with E-state index >= 15 is 0 Å². The lowest BCUT2D eigenvalue weighted by molar-refractivity contribution is 0.621. The highest BCUT2D eigenvalue weighted by atomic mass is 35.5. The molecular weight excluding hydrogens is 309 g/mol. The van der Waals surface area contributed by atoms with Gasteiger partial charge in [-0.15, -0.1) is 0 Å². The van der Waals surface area contributed by atoms with E-state index in [2.05, 4.69) is 25.2 Å². The molecule has 2 aromatic rings. The molecule has 0 aliphatic rings. The fourth-order valence-corrected chi connectivity index (χ4v) is 2.42. The van der Waals surface area contributed by atoms with Crippen LogP contribution in [0.3, 0.4) is 0 Å². The summed E-state index contributed by atoms with van der Waals surface area (Å²) < 4.78 is 2.07. The molecule has 0 aliphatic carbocycles. The minimum absolute atomic E-state index is 0.535. The first-order valence-electron chi connectivity index (χ1n) is 7.00. The van der Waals surface area contributed by atoms with Crippen LogP contribution in [-0.4, -0.2) is 27.6 Å². The molecule has 21 heavy (non-hydrogen) atoms. The van der Waals surface area contributed by atoms with Crippen LogP contribution in [0.4, 0.5) is 11.6 Å². The van der Waals surface area contributed by atoms with Gasteiger partial charge in [0.1, 0.15) is 11.6 Å². The maximum atomic E-state index is 6.15. The number of imidazole rings is 1. The third-order valence-corrected chi connectivity index (χ3v) is 3.54. The van der Waals surface area contributed by atoms with Gasteiger partial charge in [-0.25, -0.2) is 9.97 Å². The summed E-state index contributed by atoms with van der Waals surface area (Å²) in [6, 6.07) is 1.71. The SMILES string of the molecule is CCNc1nc(NCCCCn2ccnc2)c(Cl)cc1Cl. The maximum Gasteiger partial charge on any atom is 0.147 e. The number of rotatable bonds is 8. The van der Waals surface area contributed by atoms with Gasteiger partial charge >= 0.3 is 0 Å². The first kappa shape index (κ1) is 15.9. The number of anilines is 2. The van der Waals surface area contributed by atoms with Crippen molar-refractivity contribution in [3.63, 3.8) is 0 Å². The predicted molar refractivity (Wildman–Crippen MR) is 88.4 cm³/mol. The number of aromatic nitrogens is 3. The Bertz CT molecular complexity index is 557. The molecule has 0 saturated heterocycles. The Kier molecular flexibility index (Phi) is 6.14. The molecule has 5 nitrogen and oxygen atoms in total. The van der Waals surface area contributed by atoms with Gasteiger partial charge in [-0.3, -0.25) is 0 Å². The number of hydrogen-bond acceptors (Lipinski definition) is 4. The van der Waals surface area contributed by atoms with Gasteiger partial charge in [0.05, 0.1) is 16.4 Å². The Morgan fingerprint density at radius 1 is 1.14 bits per heavy atom. The molecule has 0 spiro atoms. The highest BCUT2D eigenvalue weighted by Crippen LogP contribution is 2.29. The lowest BCUT2D eigenvalue weighted by Gasteiger charge is -2.11. The van der Waals surface area contributed by atoms with E-state index in [0.717, 1.165) is 32.5 Å². The van der Waals surface area contributed by atoms with Gasteiger partial charge in [-0.2, -0.15) is 0 Å². The Hall–Kier alpha value is -1.46. The van der Waals surface area contributed by atoms with Crippen molar-refractivity contribution in [3.05, 3.63) is 34.8 Å². The second-order valence-corrected chi connectivity index (χ2v) is 5.43. The topological polar surface area (TPSA) is 54.8 Å². The fraction of sp³-hybridized carbons (Fsp3) is 0.429. The molecule has 114 valence electrons. The molecule has 2 rings (SSSR count). The van der Waals surface area contributed by atoms with E-state index in [1.54, 1.807) is 12.3 Å². The van der Waals surface area contributed by atoms with Crippen molar-refractivity contribution in [2.45, 2.75) is 26.3 Å². The lowest BCUT2D eigenvalue weighted by atomic mass is 10.3. The standard InChI is InChI=1S/C14H19Cl2N5/c1-2-18-13-11(15)9-12(16)14(20-13)19-5-3-4-7-21-8-6-17-10-21/h6,8-10H,2-5,7H2,1H3,(H2,18,19,20). The average molecular weight is 328 g/mol. The van der Waals surface area contributed by atoms with E-state index in [1.807, 2.05) is 19.4 Å². The summed E-state index contributed by atoms with van der Waals surface area (Å²) >= 11 is 12.2. The molecule has 7 heteroatoms. The molecule has 0 atom stereocenters. The Balaban J connectivity index is 1.80. The highest BCUT2D eigenvalue weighted by molar-refractivity contribution is 6.37. The minimum atomic E-state index is 0.535. The van der Waals surface area contributed by atoms with Crippen molar-refractivity contribution in [3.8, 4) is 0 Å². The average Bonchev–Trinajstić information content (AvgIpc) is 2.96. The van der Waals surface area contributed by atoms with Crippen molar-refractivity contribution < 1.29 is 0 Å². The van der Waals surface area contributed by atoms with Crippen LogP contribution in [0.15, 0.2) is 24.8 Å². The van der Waals surface area contributed by atoms with Crippen LogP contribution in [-0.2, 0) is 6.54 Å². The Morgan fingerprint density at radius 3 is 2.57 bits per heavy atom. The van der Waals surface area contributed by atoms with Crippen molar-refractivity contribution in [2.75, 3.05) is 23.7 Å². The quantitative estimate of drug-likeness (QED) is 0.722. The molecule has 0 radical (unpaired) electrons. The first-order chi connectivity index (χ1) is 10.2. The van der Waals surface area contributed by atoms with Crippen LogP contribution in [0.2, 0.25) is 10.0 Å². The van der Waals surface area contributed by atoms with Gasteiger partial charge in [0.2, 0.25) is 0 Å². The summed E-state index contributed by atoms with van der Waals surface area (Å²) in [5, 5.41) is 7.44. The predicted octanol–water partition coefficient (Wildman–Crippen LogP) is 3.91. The maximum absolute atomic E-state index is 6.15. The number of unbranched alkanes of at least 4 members (excludes halogenated alkanes) is 1. The van der Waals surface area contributed by atoms with Gasteiger partial charge in [-0.05, 0) is 25.8 Å². The number of aryl methyl sites for hydroxylation is 1. The first-order valence-corrected chi connectivity index (χ1v) is 7.76.